The summed E-state index contributed by atoms with van der Waals surface area (Å²) in [6, 6.07) is 6.19. The Kier molecular flexibility index (Phi) is 2.18. The van der Waals surface area contributed by atoms with Gasteiger partial charge in [0.15, 0.2) is 0 Å². The Morgan fingerprint density at radius 1 is 1.35 bits per heavy atom. The van der Waals surface area contributed by atoms with Crippen molar-refractivity contribution in [2.24, 2.45) is 0 Å². The van der Waals surface area contributed by atoms with Crippen LogP contribution in [0, 0.1) is 0 Å². The second-order valence-electron chi connectivity index (χ2n) is 4.17. The number of allylic oxidation sites excluding steroid dienone is 2. The van der Waals surface area contributed by atoms with Crippen LogP contribution in [0.5, 0.6) is 0 Å². The van der Waals surface area contributed by atoms with Gasteiger partial charge in [0, 0.05) is 24.2 Å². The summed E-state index contributed by atoms with van der Waals surface area (Å²) in [5, 5.41) is 14.0. The number of hydrogen-bond acceptors (Lipinski definition) is 2. The summed E-state index contributed by atoms with van der Waals surface area (Å²) in [5.41, 5.74) is 4.40. The van der Waals surface area contributed by atoms with Crippen LogP contribution in [-0.4, -0.2) is 17.1 Å². The summed E-state index contributed by atoms with van der Waals surface area (Å²) in [7, 11) is 1.91. The van der Waals surface area contributed by atoms with E-state index in [1.807, 2.05) is 25.3 Å². The molecule has 0 saturated heterocycles. The number of aromatic amines is 1. The molecule has 3 N–H and O–H groups in total. The molecule has 1 heterocycles. The number of benzene rings is 1. The molecule has 1 aliphatic rings. The molecule has 17 heavy (non-hydrogen) atoms. The number of para-hydroxylation sites is 1. The maximum atomic E-state index is 9.63. The summed E-state index contributed by atoms with van der Waals surface area (Å²) in [4.78, 5) is 3.37. The molecular formula is C14H14N2O. The Bertz CT molecular complexity index is 635. The molecule has 3 nitrogen and oxygen atoms in total. The van der Waals surface area contributed by atoms with Crippen molar-refractivity contribution in [3.63, 3.8) is 0 Å². The average Bonchev–Trinajstić information content (AvgIpc) is 2.56. The van der Waals surface area contributed by atoms with Gasteiger partial charge >= 0.3 is 0 Å². The van der Waals surface area contributed by atoms with Crippen LogP contribution >= 0.6 is 0 Å². The zero-order chi connectivity index (χ0) is 11.8. The highest BCUT2D eigenvalue weighted by atomic mass is 16.3. The fourth-order valence-electron chi connectivity index (χ4n) is 2.34. The molecule has 0 bridgehead atoms. The molecule has 0 aliphatic heterocycles. The van der Waals surface area contributed by atoms with Gasteiger partial charge < -0.3 is 15.4 Å². The lowest BCUT2D eigenvalue weighted by Crippen LogP contribution is -1.88. The predicted molar refractivity (Wildman–Crippen MR) is 71.3 cm³/mol. The summed E-state index contributed by atoms with van der Waals surface area (Å²) in [5.74, 6) is 0.293. The van der Waals surface area contributed by atoms with Crippen molar-refractivity contribution in [3.8, 4) is 0 Å². The standard InChI is InChI=1S/C14H14N2O/c1-15-12-7-3-6-11-10-5-2-4-9(17)8-13(10)16-14(11)12/h2-4,6-8,15-17H,5H2,1H3. The van der Waals surface area contributed by atoms with Gasteiger partial charge in [-0.05, 0) is 24.1 Å². The first-order valence-electron chi connectivity index (χ1n) is 5.68. The van der Waals surface area contributed by atoms with Crippen LogP contribution in [0.4, 0.5) is 5.69 Å². The van der Waals surface area contributed by atoms with Crippen LogP contribution in [0.15, 0.2) is 36.1 Å². The van der Waals surface area contributed by atoms with E-state index in [-0.39, 0.29) is 0 Å². The van der Waals surface area contributed by atoms with Crippen LogP contribution in [0.3, 0.4) is 0 Å². The number of nitrogens with one attached hydrogen (secondary N) is 2. The average molecular weight is 226 g/mol. The predicted octanol–water partition coefficient (Wildman–Crippen LogP) is 3.22. The lowest BCUT2D eigenvalue weighted by Gasteiger charge is -2.01. The number of aromatic nitrogens is 1. The Balaban J connectivity index is 2.32. The van der Waals surface area contributed by atoms with Crippen molar-refractivity contribution in [1.82, 2.24) is 4.98 Å². The second kappa shape index (κ2) is 3.70. The minimum absolute atomic E-state index is 0.293. The lowest BCUT2D eigenvalue weighted by atomic mass is 10.1. The fourth-order valence-corrected chi connectivity index (χ4v) is 2.34. The van der Waals surface area contributed by atoms with Gasteiger partial charge in [-0.15, -0.1) is 0 Å². The molecule has 2 aromatic rings. The minimum Gasteiger partial charge on any atom is -0.508 e. The Hall–Kier alpha value is -2.16. The molecule has 1 aromatic carbocycles. The molecule has 0 unspecified atom stereocenters. The zero-order valence-corrected chi connectivity index (χ0v) is 9.62. The number of hydrogen-bond donors (Lipinski definition) is 3. The minimum atomic E-state index is 0.293. The topological polar surface area (TPSA) is 48.0 Å². The van der Waals surface area contributed by atoms with Gasteiger partial charge in [0.2, 0.25) is 0 Å². The second-order valence-corrected chi connectivity index (χ2v) is 4.17. The largest absolute Gasteiger partial charge is 0.508 e. The van der Waals surface area contributed by atoms with Crippen LogP contribution in [0.25, 0.3) is 17.0 Å². The first-order valence-corrected chi connectivity index (χ1v) is 5.68. The molecular weight excluding hydrogens is 212 g/mol. The molecule has 86 valence electrons. The molecule has 1 aliphatic carbocycles. The van der Waals surface area contributed by atoms with Crippen LogP contribution in [0.1, 0.15) is 11.3 Å². The van der Waals surface area contributed by atoms with Gasteiger partial charge in [0.1, 0.15) is 5.76 Å². The van der Waals surface area contributed by atoms with Crippen molar-refractivity contribution in [3.05, 3.63) is 47.4 Å². The molecule has 0 atom stereocenters. The van der Waals surface area contributed by atoms with Crippen LogP contribution in [0.2, 0.25) is 0 Å². The molecule has 0 amide bonds. The van der Waals surface area contributed by atoms with E-state index < -0.39 is 0 Å². The van der Waals surface area contributed by atoms with E-state index in [4.69, 9.17) is 0 Å². The van der Waals surface area contributed by atoms with E-state index in [2.05, 4.69) is 16.4 Å². The normalized spacial score (nSPS) is 14.3. The lowest BCUT2D eigenvalue weighted by molar-refractivity contribution is 0.437. The number of rotatable bonds is 1. The third kappa shape index (κ3) is 1.51. The molecule has 1 aromatic heterocycles. The van der Waals surface area contributed by atoms with E-state index in [9.17, 15) is 5.11 Å². The zero-order valence-electron chi connectivity index (χ0n) is 9.62. The highest BCUT2D eigenvalue weighted by molar-refractivity contribution is 5.96. The summed E-state index contributed by atoms with van der Waals surface area (Å²) in [6.07, 6.45) is 6.33. The monoisotopic (exact) mass is 226 g/mol. The van der Waals surface area contributed by atoms with Gasteiger partial charge in [-0.1, -0.05) is 18.2 Å². The summed E-state index contributed by atoms with van der Waals surface area (Å²) < 4.78 is 0. The summed E-state index contributed by atoms with van der Waals surface area (Å²) in [6.45, 7) is 0. The highest BCUT2D eigenvalue weighted by Gasteiger charge is 2.13. The quantitative estimate of drug-likeness (QED) is 0.699. The number of H-pyrrole nitrogens is 1. The van der Waals surface area contributed by atoms with E-state index in [0.717, 1.165) is 23.3 Å². The fraction of sp³-hybridized carbons (Fsp3) is 0.143. The molecule has 0 spiro atoms. The van der Waals surface area contributed by atoms with E-state index in [1.54, 1.807) is 12.2 Å². The van der Waals surface area contributed by atoms with Crippen molar-refractivity contribution in [1.29, 1.82) is 0 Å². The molecule has 0 radical (unpaired) electrons. The third-order valence-corrected chi connectivity index (χ3v) is 3.15. The van der Waals surface area contributed by atoms with Crippen LogP contribution < -0.4 is 5.32 Å². The van der Waals surface area contributed by atoms with E-state index in [1.165, 1.54) is 10.9 Å². The first kappa shape index (κ1) is 10.0. The third-order valence-electron chi connectivity index (χ3n) is 3.15. The number of aliphatic hydroxyl groups excluding tert-OH is 1. The Labute approximate surface area is 99.5 Å². The maximum absolute atomic E-state index is 9.63. The number of anilines is 1. The molecule has 0 saturated carbocycles. The Morgan fingerprint density at radius 2 is 2.24 bits per heavy atom. The van der Waals surface area contributed by atoms with Gasteiger partial charge in [0.05, 0.1) is 11.2 Å². The number of fused-ring (bicyclic) bond motifs is 3. The highest BCUT2D eigenvalue weighted by Crippen LogP contribution is 2.30. The summed E-state index contributed by atoms with van der Waals surface area (Å²) >= 11 is 0. The molecule has 0 fully saturated rings. The molecule has 3 heteroatoms. The molecule has 3 rings (SSSR count). The van der Waals surface area contributed by atoms with Gasteiger partial charge in [0.25, 0.3) is 0 Å². The van der Waals surface area contributed by atoms with Crippen molar-refractivity contribution in [2.75, 3.05) is 12.4 Å². The van der Waals surface area contributed by atoms with E-state index in [0.29, 0.717) is 5.76 Å². The van der Waals surface area contributed by atoms with Gasteiger partial charge in [-0.2, -0.15) is 0 Å². The van der Waals surface area contributed by atoms with Crippen molar-refractivity contribution < 1.29 is 5.11 Å². The Morgan fingerprint density at radius 3 is 3.06 bits per heavy atom. The first-order chi connectivity index (χ1) is 8.29. The smallest absolute Gasteiger partial charge is 0.117 e. The van der Waals surface area contributed by atoms with E-state index >= 15 is 0 Å². The van der Waals surface area contributed by atoms with Crippen molar-refractivity contribution in [2.45, 2.75) is 6.42 Å². The van der Waals surface area contributed by atoms with Crippen LogP contribution in [-0.2, 0) is 6.42 Å². The van der Waals surface area contributed by atoms with Crippen molar-refractivity contribution >= 4 is 22.7 Å². The van der Waals surface area contributed by atoms with Gasteiger partial charge in [-0.25, -0.2) is 0 Å². The van der Waals surface area contributed by atoms with Gasteiger partial charge in [-0.3, -0.25) is 0 Å². The number of aliphatic hydroxyl groups is 1. The SMILES string of the molecule is CNc1cccc2c3c([nH]c12)C=C(O)C=CC3. The maximum Gasteiger partial charge on any atom is 0.117 e.